The van der Waals surface area contributed by atoms with Gasteiger partial charge in [0.05, 0.1) is 5.69 Å². The molecule has 1 saturated heterocycles. The standard InChI is InChI=1S/C16H18N2O/c1-2-9-10-7-8-17-14(9)13-11-5-3-4-6-12(11)18-15(13)16(10)19/h3-6,9-10,14,17-18H,2,7-8H2,1H3/t9-,10?,14?/m0/s1. The summed E-state index contributed by atoms with van der Waals surface area (Å²) in [4.78, 5) is 16.1. The molecule has 2 unspecified atom stereocenters. The number of carbonyl (C=O) groups is 1. The van der Waals surface area contributed by atoms with Crippen LogP contribution in [0.4, 0.5) is 0 Å². The first-order chi connectivity index (χ1) is 9.31. The summed E-state index contributed by atoms with van der Waals surface area (Å²) in [7, 11) is 0. The Labute approximate surface area is 112 Å². The fourth-order valence-corrected chi connectivity index (χ4v) is 4.02. The molecular formula is C16H18N2O. The summed E-state index contributed by atoms with van der Waals surface area (Å²) < 4.78 is 0. The summed E-state index contributed by atoms with van der Waals surface area (Å²) in [5.74, 6) is 0.987. The molecule has 1 aliphatic heterocycles. The Balaban J connectivity index is 2.01. The highest BCUT2D eigenvalue weighted by Gasteiger charge is 2.45. The molecule has 0 radical (unpaired) electrons. The van der Waals surface area contributed by atoms with Crippen LogP contribution in [-0.4, -0.2) is 17.3 Å². The molecule has 3 heteroatoms. The number of aromatic amines is 1. The Bertz CT molecular complexity index is 658. The van der Waals surface area contributed by atoms with Crippen molar-refractivity contribution in [3.05, 3.63) is 35.5 Å². The molecule has 1 aliphatic carbocycles. The minimum absolute atomic E-state index is 0.205. The van der Waals surface area contributed by atoms with Crippen LogP contribution >= 0.6 is 0 Å². The summed E-state index contributed by atoms with van der Waals surface area (Å²) in [6.45, 7) is 3.15. The number of benzene rings is 1. The van der Waals surface area contributed by atoms with Gasteiger partial charge in [-0.2, -0.15) is 0 Å². The van der Waals surface area contributed by atoms with Crippen molar-refractivity contribution in [2.75, 3.05) is 6.54 Å². The third-order valence-corrected chi connectivity index (χ3v) is 4.88. The van der Waals surface area contributed by atoms with Gasteiger partial charge in [-0.3, -0.25) is 4.79 Å². The third kappa shape index (κ3) is 1.39. The van der Waals surface area contributed by atoms with Gasteiger partial charge in [0.25, 0.3) is 0 Å². The lowest BCUT2D eigenvalue weighted by molar-refractivity contribution is 0.0737. The molecule has 4 rings (SSSR count). The Hall–Kier alpha value is -1.61. The number of hydrogen-bond donors (Lipinski definition) is 2. The molecule has 2 heterocycles. The number of ketones is 1. The van der Waals surface area contributed by atoms with Crippen LogP contribution in [0.3, 0.4) is 0 Å². The van der Waals surface area contributed by atoms with Crippen molar-refractivity contribution in [3.63, 3.8) is 0 Å². The molecule has 1 fully saturated rings. The average molecular weight is 254 g/mol. The van der Waals surface area contributed by atoms with Crippen LogP contribution in [0, 0.1) is 11.8 Å². The van der Waals surface area contributed by atoms with Crippen LogP contribution in [0.5, 0.6) is 0 Å². The molecule has 2 aromatic rings. The third-order valence-electron chi connectivity index (χ3n) is 4.88. The van der Waals surface area contributed by atoms with Gasteiger partial charge in [-0.15, -0.1) is 0 Å². The Morgan fingerprint density at radius 2 is 2.16 bits per heavy atom. The predicted octanol–water partition coefficient (Wildman–Crippen LogP) is 3.04. The van der Waals surface area contributed by atoms with Crippen molar-refractivity contribution < 1.29 is 4.79 Å². The van der Waals surface area contributed by atoms with E-state index < -0.39 is 0 Å². The van der Waals surface area contributed by atoms with Gasteiger partial charge >= 0.3 is 0 Å². The van der Waals surface area contributed by atoms with Gasteiger partial charge in [0.2, 0.25) is 0 Å². The molecule has 1 aromatic carbocycles. The molecule has 0 saturated carbocycles. The van der Waals surface area contributed by atoms with Gasteiger partial charge in [-0.05, 0) is 24.9 Å². The fraction of sp³-hybridized carbons (Fsp3) is 0.438. The molecule has 0 spiro atoms. The molecule has 19 heavy (non-hydrogen) atoms. The lowest BCUT2D eigenvalue weighted by atomic mass is 9.69. The molecule has 1 aromatic heterocycles. The number of aromatic nitrogens is 1. The molecule has 2 aliphatic rings. The first-order valence-corrected chi connectivity index (χ1v) is 7.19. The second-order valence-corrected chi connectivity index (χ2v) is 5.72. The second kappa shape index (κ2) is 3.94. The van der Waals surface area contributed by atoms with E-state index in [1.165, 1.54) is 10.9 Å². The maximum absolute atomic E-state index is 12.7. The minimum Gasteiger partial charge on any atom is -0.352 e. The summed E-state index contributed by atoms with van der Waals surface area (Å²) in [5, 5.41) is 4.84. The summed E-state index contributed by atoms with van der Waals surface area (Å²) >= 11 is 0. The van der Waals surface area contributed by atoms with Crippen LogP contribution in [0.15, 0.2) is 24.3 Å². The molecule has 2 N–H and O–H groups in total. The van der Waals surface area contributed by atoms with Crippen molar-refractivity contribution in [2.45, 2.75) is 25.8 Å². The number of piperidine rings is 1. The molecule has 3 atom stereocenters. The van der Waals surface area contributed by atoms with E-state index in [2.05, 4.69) is 35.4 Å². The lowest BCUT2D eigenvalue weighted by Crippen LogP contribution is -2.46. The first-order valence-electron chi connectivity index (χ1n) is 7.19. The highest BCUT2D eigenvalue weighted by Crippen LogP contribution is 2.46. The van der Waals surface area contributed by atoms with Crippen molar-refractivity contribution in [1.29, 1.82) is 0 Å². The average Bonchev–Trinajstić information content (AvgIpc) is 2.83. The van der Waals surface area contributed by atoms with Crippen LogP contribution in [-0.2, 0) is 0 Å². The molecule has 0 amide bonds. The van der Waals surface area contributed by atoms with Crippen LogP contribution in [0.2, 0.25) is 0 Å². The van der Waals surface area contributed by atoms with Gasteiger partial charge in [0.1, 0.15) is 0 Å². The number of hydrogen-bond acceptors (Lipinski definition) is 2. The Morgan fingerprint density at radius 1 is 1.32 bits per heavy atom. The number of carbonyl (C=O) groups excluding carboxylic acids is 1. The molecule has 98 valence electrons. The summed E-state index contributed by atoms with van der Waals surface area (Å²) in [6.07, 6.45) is 2.04. The highest BCUT2D eigenvalue weighted by atomic mass is 16.1. The van der Waals surface area contributed by atoms with E-state index in [0.717, 1.165) is 30.6 Å². The van der Waals surface area contributed by atoms with Crippen LogP contribution in [0.25, 0.3) is 10.9 Å². The maximum atomic E-state index is 12.7. The van der Waals surface area contributed by atoms with E-state index in [4.69, 9.17) is 0 Å². The number of para-hydroxylation sites is 1. The molecule has 2 bridgehead atoms. The number of H-pyrrole nitrogens is 1. The van der Waals surface area contributed by atoms with Crippen LogP contribution < -0.4 is 5.32 Å². The SMILES string of the molecule is CC[C@H]1C2CCNC1c1c([nH]c3ccccc13)C2=O. The summed E-state index contributed by atoms with van der Waals surface area (Å²) in [5.41, 5.74) is 3.15. The summed E-state index contributed by atoms with van der Waals surface area (Å²) in [6, 6.07) is 8.60. The van der Waals surface area contributed by atoms with Crippen molar-refractivity contribution >= 4 is 16.7 Å². The lowest BCUT2D eigenvalue weighted by Gasteiger charge is -2.41. The van der Waals surface area contributed by atoms with Gasteiger partial charge in [-0.1, -0.05) is 31.5 Å². The Kier molecular flexibility index (Phi) is 2.33. The maximum Gasteiger partial charge on any atom is 0.182 e. The molecular weight excluding hydrogens is 236 g/mol. The smallest absolute Gasteiger partial charge is 0.182 e. The molecule has 3 nitrogen and oxygen atoms in total. The van der Waals surface area contributed by atoms with Gasteiger partial charge < -0.3 is 10.3 Å². The number of nitrogens with one attached hydrogen (secondary N) is 2. The second-order valence-electron chi connectivity index (χ2n) is 5.72. The van der Waals surface area contributed by atoms with Gasteiger partial charge in [0.15, 0.2) is 5.78 Å². The monoisotopic (exact) mass is 254 g/mol. The Morgan fingerprint density at radius 3 is 3.00 bits per heavy atom. The van der Waals surface area contributed by atoms with Crippen molar-refractivity contribution in [2.24, 2.45) is 11.8 Å². The van der Waals surface area contributed by atoms with E-state index in [9.17, 15) is 4.79 Å². The fourth-order valence-electron chi connectivity index (χ4n) is 4.02. The van der Waals surface area contributed by atoms with E-state index in [-0.39, 0.29) is 5.92 Å². The van der Waals surface area contributed by atoms with E-state index in [1.54, 1.807) is 0 Å². The number of fused-ring (bicyclic) bond motifs is 6. The van der Waals surface area contributed by atoms with Crippen LogP contribution in [0.1, 0.15) is 41.9 Å². The van der Waals surface area contributed by atoms with Gasteiger partial charge in [0, 0.05) is 28.4 Å². The zero-order chi connectivity index (χ0) is 13.0. The topological polar surface area (TPSA) is 44.9 Å². The quantitative estimate of drug-likeness (QED) is 0.821. The normalized spacial score (nSPS) is 29.5. The zero-order valence-electron chi connectivity index (χ0n) is 11.1. The predicted molar refractivity (Wildman–Crippen MR) is 75.3 cm³/mol. The highest BCUT2D eigenvalue weighted by molar-refractivity contribution is 6.05. The number of Topliss-reactive ketones (excluding diaryl/α,β-unsaturated/α-hetero) is 1. The van der Waals surface area contributed by atoms with Crippen molar-refractivity contribution in [1.82, 2.24) is 10.3 Å². The van der Waals surface area contributed by atoms with Crippen molar-refractivity contribution in [3.8, 4) is 0 Å². The largest absolute Gasteiger partial charge is 0.352 e. The van der Waals surface area contributed by atoms with E-state index >= 15 is 0 Å². The van der Waals surface area contributed by atoms with Gasteiger partial charge in [-0.25, -0.2) is 0 Å². The van der Waals surface area contributed by atoms with E-state index in [0.29, 0.717) is 17.7 Å². The van der Waals surface area contributed by atoms with E-state index in [1.807, 2.05) is 6.07 Å². The number of rotatable bonds is 1. The first kappa shape index (κ1) is 11.2. The minimum atomic E-state index is 0.205. The zero-order valence-corrected chi connectivity index (χ0v) is 11.1.